The number of carbonyl (C=O) groups is 1. The molecule has 0 aromatic heterocycles. The van der Waals surface area contributed by atoms with Gasteiger partial charge in [0.05, 0.1) is 6.61 Å². The van der Waals surface area contributed by atoms with Gasteiger partial charge in [0, 0.05) is 6.42 Å². The molecule has 0 rings (SSSR count). The first-order chi connectivity index (χ1) is 12.3. The molecule has 0 aromatic carbocycles. The third-order valence-electron chi connectivity index (χ3n) is 4.31. The van der Waals surface area contributed by atoms with Crippen molar-refractivity contribution in [1.29, 1.82) is 0 Å². The number of aliphatic hydroxyl groups is 6. The molecule has 172 valence electrons. The van der Waals surface area contributed by atoms with E-state index in [1.807, 2.05) is 0 Å². The van der Waals surface area contributed by atoms with Gasteiger partial charge in [-0.05, 0) is 6.42 Å². The topological polar surface area (TPSA) is 211 Å². The predicted octanol–water partition coefficient (Wildman–Crippen LogP) is -1.44. The molecule has 0 aliphatic heterocycles. The minimum atomic E-state index is -2.03. The number of carbonyl (C=O) groups excluding carboxylic acids is 1. The molecule has 10 heteroatoms. The molecule has 28 heavy (non-hydrogen) atoms. The maximum atomic E-state index is 11.6. The molecule has 10 N–H and O–H groups in total. The molecule has 0 amide bonds. The largest absolute Gasteiger partial charge is 0.433 e. The van der Waals surface area contributed by atoms with Crippen LogP contribution in [0, 0.1) is 0 Å². The molecule has 0 aliphatic rings. The Morgan fingerprint density at radius 1 is 0.750 bits per heavy atom. The van der Waals surface area contributed by atoms with Crippen LogP contribution in [0.15, 0.2) is 0 Å². The van der Waals surface area contributed by atoms with Gasteiger partial charge in [-0.25, -0.2) is 0 Å². The standard InChI is InChI=1S/C18H36O8.2H2O/c1-2-3-4-5-6-7-8-9-10-11-14(21)26-18(25)17(24)16(23)15(22)13(20)12-19;;/h13,15-20,22-25H,2-12H2,1H3;2*1H2/t13-,15+,16+,17+,18?;;/m0../s1. The molecule has 0 bridgehead atoms. The summed E-state index contributed by atoms with van der Waals surface area (Å²) in [5.74, 6) is -0.719. The average Bonchev–Trinajstić information content (AvgIpc) is 2.63. The lowest BCUT2D eigenvalue weighted by atomic mass is 10.0. The summed E-state index contributed by atoms with van der Waals surface area (Å²) in [5.41, 5.74) is 0. The van der Waals surface area contributed by atoms with Crippen LogP contribution in [0.1, 0.15) is 71.1 Å². The Hall–Kier alpha value is -0.850. The lowest BCUT2D eigenvalue weighted by Gasteiger charge is -2.28. The molecule has 0 saturated carbocycles. The summed E-state index contributed by atoms with van der Waals surface area (Å²) in [6.07, 6.45) is 0.284. The van der Waals surface area contributed by atoms with Gasteiger partial charge in [-0.2, -0.15) is 0 Å². The smallest absolute Gasteiger partial charge is 0.308 e. The molecule has 10 nitrogen and oxygen atoms in total. The van der Waals surface area contributed by atoms with Crippen LogP contribution in [-0.2, 0) is 9.53 Å². The molecular formula is C18H40O10. The minimum Gasteiger partial charge on any atom is -0.433 e. The first kappa shape index (κ1) is 31.8. The van der Waals surface area contributed by atoms with Crippen LogP contribution in [0.5, 0.6) is 0 Å². The van der Waals surface area contributed by atoms with E-state index in [4.69, 9.17) is 5.11 Å². The van der Waals surface area contributed by atoms with Gasteiger partial charge in [0.15, 0.2) is 0 Å². The molecule has 0 aliphatic carbocycles. The number of esters is 1. The van der Waals surface area contributed by atoms with Crippen molar-refractivity contribution in [2.24, 2.45) is 0 Å². The monoisotopic (exact) mass is 416 g/mol. The molecule has 0 aromatic rings. The van der Waals surface area contributed by atoms with Crippen molar-refractivity contribution >= 4 is 5.97 Å². The van der Waals surface area contributed by atoms with Crippen molar-refractivity contribution in [3.05, 3.63) is 0 Å². The van der Waals surface area contributed by atoms with Crippen LogP contribution in [0.4, 0.5) is 0 Å². The van der Waals surface area contributed by atoms with Gasteiger partial charge in [-0.1, -0.05) is 58.3 Å². The van der Waals surface area contributed by atoms with E-state index in [0.29, 0.717) is 6.42 Å². The summed E-state index contributed by atoms with van der Waals surface area (Å²) in [6, 6.07) is 0. The van der Waals surface area contributed by atoms with Crippen molar-refractivity contribution in [3.8, 4) is 0 Å². The molecule has 1 unspecified atom stereocenters. The minimum absolute atomic E-state index is 0. The van der Waals surface area contributed by atoms with Crippen LogP contribution in [0.2, 0.25) is 0 Å². The maximum absolute atomic E-state index is 11.6. The van der Waals surface area contributed by atoms with Crippen LogP contribution in [-0.4, -0.2) is 84.9 Å². The lowest BCUT2D eigenvalue weighted by molar-refractivity contribution is -0.213. The highest BCUT2D eigenvalue weighted by Crippen LogP contribution is 2.13. The van der Waals surface area contributed by atoms with E-state index in [1.54, 1.807) is 0 Å². The fraction of sp³-hybridized carbons (Fsp3) is 0.944. The third-order valence-corrected chi connectivity index (χ3v) is 4.31. The Morgan fingerprint density at radius 2 is 1.21 bits per heavy atom. The Morgan fingerprint density at radius 3 is 1.68 bits per heavy atom. The molecule has 0 spiro atoms. The number of ether oxygens (including phenoxy) is 1. The third kappa shape index (κ3) is 14.2. The number of hydrogen-bond donors (Lipinski definition) is 6. The van der Waals surface area contributed by atoms with Gasteiger partial charge >= 0.3 is 5.97 Å². The van der Waals surface area contributed by atoms with E-state index in [9.17, 15) is 30.3 Å². The van der Waals surface area contributed by atoms with E-state index < -0.39 is 43.3 Å². The van der Waals surface area contributed by atoms with Crippen molar-refractivity contribution in [1.82, 2.24) is 0 Å². The van der Waals surface area contributed by atoms with Crippen molar-refractivity contribution in [2.45, 2.75) is 102 Å². The van der Waals surface area contributed by atoms with Crippen molar-refractivity contribution in [2.75, 3.05) is 6.61 Å². The van der Waals surface area contributed by atoms with Crippen molar-refractivity contribution < 1.29 is 51.1 Å². The highest BCUT2D eigenvalue weighted by Gasteiger charge is 2.35. The SMILES string of the molecule is CCCCCCCCCCCC(=O)OC(O)[C@H](O)[C@H](O)[C@H](O)[C@@H](O)CO.O.O. The maximum Gasteiger partial charge on any atom is 0.308 e. The summed E-state index contributed by atoms with van der Waals surface area (Å²) in [5, 5.41) is 56.2. The summed E-state index contributed by atoms with van der Waals surface area (Å²) >= 11 is 0. The molecular weight excluding hydrogens is 376 g/mol. The Kier molecular flexibility index (Phi) is 22.1. The fourth-order valence-corrected chi connectivity index (χ4v) is 2.55. The van der Waals surface area contributed by atoms with Crippen LogP contribution in [0.3, 0.4) is 0 Å². The second-order valence-corrected chi connectivity index (χ2v) is 6.68. The normalized spacial score (nSPS) is 16.1. The van der Waals surface area contributed by atoms with Gasteiger partial charge < -0.3 is 46.3 Å². The van der Waals surface area contributed by atoms with Gasteiger partial charge in [-0.15, -0.1) is 0 Å². The van der Waals surface area contributed by atoms with E-state index in [1.165, 1.54) is 32.1 Å². The zero-order chi connectivity index (χ0) is 19.9. The van der Waals surface area contributed by atoms with Crippen LogP contribution >= 0.6 is 0 Å². The first-order valence-electron chi connectivity index (χ1n) is 9.55. The Bertz CT molecular complexity index is 355. The highest BCUT2D eigenvalue weighted by atomic mass is 16.6. The Balaban J connectivity index is -0.00000312. The number of unbranched alkanes of at least 4 members (excludes halogenated alkanes) is 8. The zero-order valence-electron chi connectivity index (χ0n) is 16.7. The molecule has 5 atom stereocenters. The Labute approximate surface area is 166 Å². The average molecular weight is 417 g/mol. The molecule has 0 fully saturated rings. The zero-order valence-corrected chi connectivity index (χ0v) is 16.7. The number of aliphatic hydroxyl groups excluding tert-OH is 6. The van der Waals surface area contributed by atoms with E-state index >= 15 is 0 Å². The summed E-state index contributed by atoms with van der Waals surface area (Å²) < 4.78 is 4.62. The van der Waals surface area contributed by atoms with E-state index in [-0.39, 0.29) is 17.4 Å². The summed E-state index contributed by atoms with van der Waals surface area (Å²) in [6.45, 7) is 1.34. The summed E-state index contributed by atoms with van der Waals surface area (Å²) in [4.78, 5) is 11.6. The van der Waals surface area contributed by atoms with E-state index in [0.717, 1.165) is 19.3 Å². The quantitative estimate of drug-likeness (QED) is 0.0993. The van der Waals surface area contributed by atoms with Gasteiger partial charge in [0.1, 0.15) is 24.4 Å². The second-order valence-electron chi connectivity index (χ2n) is 6.68. The van der Waals surface area contributed by atoms with Crippen LogP contribution in [0.25, 0.3) is 0 Å². The second kappa shape index (κ2) is 19.5. The number of rotatable bonds is 16. The highest BCUT2D eigenvalue weighted by molar-refractivity contribution is 5.69. The molecule has 0 radical (unpaired) electrons. The first-order valence-corrected chi connectivity index (χ1v) is 9.55. The molecule has 0 saturated heterocycles. The number of hydrogen-bond acceptors (Lipinski definition) is 8. The van der Waals surface area contributed by atoms with E-state index in [2.05, 4.69) is 11.7 Å². The van der Waals surface area contributed by atoms with Crippen LogP contribution < -0.4 is 0 Å². The van der Waals surface area contributed by atoms with Gasteiger partial charge in [0.25, 0.3) is 0 Å². The summed E-state index contributed by atoms with van der Waals surface area (Å²) in [7, 11) is 0. The molecule has 0 heterocycles. The van der Waals surface area contributed by atoms with Gasteiger partial charge in [0.2, 0.25) is 6.29 Å². The van der Waals surface area contributed by atoms with Gasteiger partial charge in [-0.3, -0.25) is 4.79 Å². The predicted molar refractivity (Wildman–Crippen MR) is 102 cm³/mol. The lowest BCUT2D eigenvalue weighted by Crippen LogP contribution is -2.50. The van der Waals surface area contributed by atoms with Crippen molar-refractivity contribution in [3.63, 3.8) is 0 Å². The fourth-order valence-electron chi connectivity index (χ4n) is 2.55.